The molecule has 2 aromatic carbocycles. The number of carbonyl (C=O) groups is 2. The number of nitrogens with one attached hydrogen (secondary N) is 2. The van der Waals surface area contributed by atoms with E-state index in [0.29, 0.717) is 27.0 Å². The molecule has 2 amide bonds. The van der Waals surface area contributed by atoms with Crippen LogP contribution in [0.15, 0.2) is 60.8 Å². The number of rotatable bonds is 9. The van der Waals surface area contributed by atoms with Gasteiger partial charge in [-0.25, -0.2) is 9.37 Å². The fraction of sp³-hybridized carbons (Fsp3) is 0.208. The quantitative estimate of drug-likeness (QED) is 0.357. The summed E-state index contributed by atoms with van der Waals surface area (Å²) in [6.07, 6.45) is 0.173. The van der Waals surface area contributed by atoms with Gasteiger partial charge in [0.05, 0.1) is 10.0 Å². The van der Waals surface area contributed by atoms with Crippen LogP contribution in [0.3, 0.4) is 0 Å². The van der Waals surface area contributed by atoms with Crippen molar-refractivity contribution in [3.8, 4) is 0 Å². The maximum atomic E-state index is 13.1. The van der Waals surface area contributed by atoms with Gasteiger partial charge in [-0.2, -0.15) is 0 Å². The molecule has 0 aliphatic rings. The highest BCUT2D eigenvalue weighted by atomic mass is 35.5. The molecule has 0 saturated carbocycles. The number of aliphatic hydroxyl groups is 1. The minimum Gasteiger partial charge on any atom is -0.384 e. The van der Waals surface area contributed by atoms with Crippen LogP contribution in [0.1, 0.15) is 16.7 Å². The van der Waals surface area contributed by atoms with Crippen molar-refractivity contribution in [2.45, 2.75) is 31.5 Å². The van der Waals surface area contributed by atoms with Crippen molar-refractivity contribution in [1.82, 2.24) is 15.6 Å². The van der Waals surface area contributed by atoms with E-state index in [4.69, 9.17) is 28.9 Å². The lowest BCUT2D eigenvalue weighted by Crippen LogP contribution is -2.51. The van der Waals surface area contributed by atoms with E-state index in [0.717, 1.165) is 5.56 Å². The highest BCUT2D eigenvalue weighted by Gasteiger charge is 2.25. The van der Waals surface area contributed by atoms with Gasteiger partial charge in [-0.1, -0.05) is 47.5 Å². The summed E-state index contributed by atoms with van der Waals surface area (Å²) in [6, 6.07) is 12.7. The molecule has 1 heterocycles. The minimum absolute atomic E-state index is 0.0374. The predicted octanol–water partition coefficient (Wildman–Crippen LogP) is 3.06. The Labute approximate surface area is 206 Å². The average molecular weight is 505 g/mol. The van der Waals surface area contributed by atoms with Crippen LogP contribution >= 0.6 is 23.2 Å². The maximum absolute atomic E-state index is 13.1. The van der Waals surface area contributed by atoms with Crippen LogP contribution in [0.2, 0.25) is 10.0 Å². The summed E-state index contributed by atoms with van der Waals surface area (Å²) in [5.41, 5.74) is 7.54. The molecule has 5 N–H and O–H groups in total. The Kier molecular flexibility index (Phi) is 8.81. The zero-order chi connectivity index (χ0) is 24.7. The molecule has 0 aliphatic heterocycles. The average Bonchev–Trinajstić information content (AvgIpc) is 2.81. The van der Waals surface area contributed by atoms with E-state index in [1.807, 2.05) is 0 Å². The summed E-state index contributed by atoms with van der Waals surface area (Å²) in [4.78, 5) is 29.6. The Morgan fingerprint density at radius 1 is 0.941 bits per heavy atom. The first-order valence-corrected chi connectivity index (χ1v) is 11.1. The number of nitrogens with two attached hydrogens (primary N) is 1. The van der Waals surface area contributed by atoms with E-state index in [1.165, 1.54) is 30.5 Å². The molecule has 2 atom stereocenters. The molecular weight excluding hydrogens is 482 g/mol. The number of benzene rings is 2. The summed E-state index contributed by atoms with van der Waals surface area (Å²) < 4.78 is 13.1. The van der Waals surface area contributed by atoms with Gasteiger partial charge in [0.25, 0.3) is 0 Å². The third kappa shape index (κ3) is 7.41. The molecule has 0 spiro atoms. The van der Waals surface area contributed by atoms with E-state index in [2.05, 4.69) is 15.6 Å². The molecule has 0 fully saturated rings. The molecule has 1 aromatic heterocycles. The number of aliphatic hydroxyl groups excluding tert-OH is 1. The Morgan fingerprint density at radius 2 is 1.62 bits per heavy atom. The summed E-state index contributed by atoms with van der Waals surface area (Å²) in [5, 5.41) is 16.4. The predicted molar refractivity (Wildman–Crippen MR) is 129 cm³/mol. The standard InChI is InChI=1S/C24H23Cl2FN4O3/c25-18-7-3-15(9-19(18)26)10-20(23(33)30-13-16-4-8-22(28)29-12-16)31-24(34)21(32)11-14-1-5-17(27)6-2-14/h1-9,12,20-21,32H,10-11,13H2,(H2,28,29)(H,30,33)(H,31,34)/t20-,21?/m0/s1. The molecule has 0 bridgehead atoms. The molecule has 3 rings (SSSR count). The van der Waals surface area contributed by atoms with Crippen LogP contribution < -0.4 is 16.4 Å². The number of hydrogen-bond acceptors (Lipinski definition) is 5. The number of nitrogen functional groups attached to an aromatic ring is 1. The smallest absolute Gasteiger partial charge is 0.249 e. The number of amides is 2. The van der Waals surface area contributed by atoms with Crippen LogP contribution in [-0.4, -0.2) is 34.1 Å². The van der Waals surface area contributed by atoms with E-state index in [9.17, 15) is 19.1 Å². The second kappa shape index (κ2) is 11.8. The third-order valence-electron chi connectivity index (χ3n) is 5.02. The van der Waals surface area contributed by atoms with Gasteiger partial charge in [-0.3, -0.25) is 9.59 Å². The third-order valence-corrected chi connectivity index (χ3v) is 5.76. The van der Waals surface area contributed by atoms with Crippen LogP contribution in [0.25, 0.3) is 0 Å². The normalized spacial score (nSPS) is 12.6. The molecule has 3 aromatic rings. The highest BCUT2D eigenvalue weighted by molar-refractivity contribution is 6.42. The first-order valence-electron chi connectivity index (χ1n) is 10.4. The number of pyridine rings is 1. The minimum atomic E-state index is -1.43. The molecule has 0 saturated heterocycles. The summed E-state index contributed by atoms with van der Waals surface area (Å²) >= 11 is 12.1. The van der Waals surface area contributed by atoms with Crippen molar-refractivity contribution >= 4 is 40.8 Å². The second-order valence-corrected chi connectivity index (χ2v) is 8.48. The number of nitrogens with zero attached hydrogens (tertiary/aromatic N) is 1. The first kappa shape index (κ1) is 25.4. The van der Waals surface area contributed by atoms with Crippen LogP contribution in [0.4, 0.5) is 10.2 Å². The van der Waals surface area contributed by atoms with Gasteiger partial charge in [0, 0.05) is 25.6 Å². The maximum Gasteiger partial charge on any atom is 0.249 e. The highest BCUT2D eigenvalue weighted by Crippen LogP contribution is 2.23. The Hall–Kier alpha value is -3.20. The topological polar surface area (TPSA) is 117 Å². The SMILES string of the molecule is Nc1ccc(CNC(=O)[C@H](Cc2ccc(Cl)c(Cl)c2)NC(=O)C(O)Cc2ccc(F)cc2)cn1. The van der Waals surface area contributed by atoms with Crippen molar-refractivity contribution in [3.05, 3.63) is 93.3 Å². The van der Waals surface area contributed by atoms with Gasteiger partial charge in [0.15, 0.2) is 0 Å². The van der Waals surface area contributed by atoms with Crippen molar-refractivity contribution in [3.63, 3.8) is 0 Å². The Bertz CT molecular complexity index is 1140. The van der Waals surface area contributed by atoms with E-state index >= 15 is 0 Å². The fourth-order valence-electron chi connectivity index (χ4n) is 3.17. The summed E-state index contributed by atoms with van der Waals surface area (Å²) in [6.45, 7) is 0.165. The molecule has 0 radical (unpaired) electrons. The van der Waals surface area contributed by atoms with Gasteiger partial charge in [0.1, 0.15) is 23.8 Å². The fourth-order valence-corrected chi connectivity index (χ4v) is 3.49. The van der Waals surface area contributed by atoms with Crippen molar-refractivity contribution in [2.75, 3.05) is 5.73 Å². The molecular formula is C24H23Cl2FN4O3. The molecule has 10 heteroatoms. The van der Waals surface area contributed by atoms with Gasteiger partial charge in [-0.15, -0.1) is 0 Å². The molecule has 34 heavy (non-hydrogen) atoms. The van der Waals surface area contributed by atoms with E-state index < -0.39 is 29.8 Å². The number of halogens is 3. The zero-order valence-corrected chi connectivity index (χ0v) is 19.5. The van der Waals surface area contributed by atoms with Gasteiger partial charge in [-0.05, 0) is 47.0 Å². The summed E-state index contributed by atoms with van der Waals surface area (Å²) in [7, 11) is 0. The van der Waals surface area contributed by atoms with Crippen molar-refractivity contribution in [1.29, 1.82) is 0 Å². The molecule has 7 nitrogen and oxygen atoms in total. The second-order valence-electron chi connectivity index (χ2n) is 7.67. The lowest BCUT2D eigenvalue weighted by atomic mass is 10.0. The molecule has 0 aliphatic carbocycles. The first-order chi connectivity index (χ1) is 16.2. The Morgan fingerprint density at radius 3 is 2.26 bits per heavy atom. The Balaban J connectivity index is 1.70. The zero-order valence-electron chi connectivity index (χ0n) is 18.0. The van der Waals surface area contributed by atoms with Crippen molar-refractivity contribution < 1.29 is 19.1 Å². The van der Waals surface area contributed by atoms with E-state index in [-0.39, 0.29) is 19.4 Å². The van der Waals surface area contributed by atoms with Crippen molar-refractivity contribution in [2.24, 2.45) is 0 Å². The van der Waals surface area contributed by atoms with Gasteiger partial charge in [0.2, 0.25) is 11.8 Å². The lowest BCUT2D eigenvalue weighted by Gasteiger charge is -2.21. The number of aromatic nitrogens is 1. The number of carbonyl (C=O) groups excluding carboxylic acids is 2. The number of hydrogen-bond donors (Lipinski definition) is 4. The summed E-state index contributed by atoms with van der Waals surface area (Å²) in [5.74, 6) is -1.27. The van der Waals surface area contributed by atoms with Crippen LogP contribution in [-0.2, 0) is 29.0 Å². The van der Waals surface area contributed by atoms with Gasteiger partial charge >= 0.3 is 0 Å². The molecule has 178 valence electrons. The lowest BCUT2D eigenvalue weighted by molar-refractivity contribution is -0.134. The van der Waals surface area contributed by atoms with Crippen LogP contribution in [0, 0.1) is 5.82 Å². The monoisotopic (exact) mass is 504 g/mol. The van der Waals surface area contributed by atoms with Gasteiger partial charge < -0.3 is 21.5 Å². The molecule has 1 unspecified atom stereocenters. The van der Waals surface area contributed by atoms with E-state index in [1.54, 1.807) is 30.3 Å². The van der Waals surface area contributed by atoms with Crippen LogP contribution in [0.5, 0.6) is 0 Å². The largest absolute Gasteiger partial charge is 0.384 e. The number of anilines is 1.